The van der Waals surface area contributed by atoms with Crippen LogP contribution >= 0.6 is 0 Å². The number of pyridine rings is 1. The Bertz CT molecular complexity index is 516. The van der Waals surface area contributed by atoms with E-state index in [0.29, 0.717) is 12.5 Å². The molecule has 1 aliphatic heterocycles. The van der Waals surface area contributed by atoms with Gasteiger partial charge < -0.3 is 15.5 Å². The van der Waals surface area contributed by atoms with Gasteiger partial charge in [-0.3, -0.25) is 4.98 Å². The SMILES string of the molecule is NCc1cc2[nH]cnc2c(C2CCOCC2)n1. The molecule has 0 atom stereocenters. The molecule has 0 saturated carbocycles. The molecule has 3 N–H and O–H groups in total. The quantitative estimate of drug-likeness (QED) is 0.818. The molecule has 1 aliphatic rings. The van der Waals surface area contributed by atoms with Crippen LogP contribution in [0, 0.1) is 0 Å². The lowest BCUT2D eigenvalue weighted by atomic mass is 9.95. The van der Waals surface area contributed by atoms with Crippen molar-refractivity contribution in [3.8, 4) is 0 Å². The number of nitrogens with two attached hydrogens (primary N) is 1. The number of aromatic amines is 1. The summed E-state index contributed by atoms with van der Waals surface area (Å²) in [6.07, 6.45) is 3.75. The molecular formula is C12H16N4O. The minimum Gasteiger partial charge on any atom is -0.381 e. The van der Waals surface area contributed by atoms with Crippen LogP contribution in [-0.2, 0) is 11.3 Å². The van der Waals surface area contributed by atoms with Gasteiger partial charge in [-0.25, -0.2) is 4.98 Å². The average molecular weight is 232 g/mol. The summed E-state index contributed by atoms with van der Waals surface area (Å²) in [5.41, 5.74) is 9.69. The minimum atomic E-state index is 0.445. The van der Waals surface area contributed by atoms with E-state index < -0.39 is 0 Å². The van der Waals surface area contributed by atoms with Gasteiger partial charge >= 0.3 is 0 Å². The molecule has 0 bridgehead atoms. The van der Waals surface area contributed by atoms with Gasteiger partial charge in [0.1, 0.15) is 5.52 Å². The third kappa shape index (κ3) is 1.92. The number of hydrogen-bond donors (Lipinski definition) is 2. The van der Waals surface area contributed by atoms with Gasteiger partial charge in [0, 0.05) is 25.7 Å². The first-order valence-electron chi connectivity index (χ1n) is 5.99. The van der Waals surface area contributed by atoms with Crippen LogP contribution in [0.2, 0.25) is 0 Å². The Morgan fingerprint density at radius 3 is 3.00 bits per heavy atom. The van der Waals surface area contributed by atoms with Crippen molar-refractivity contribution >= 4 is 11.0 Å². The first kappa shape index (κ1) is 10.7. The van der Waals surface area contributed by atoms with E-state index in [1.807, 2.05) is 6.07 Å². The van der Waals surface area contributed by atoms with Gasteiger partial charge in [-0.2, -0.15) is 0 Å². The number of H-pyrrole nitrogens is 1. The van der Waals surface area contributed by atoms with Crippen molar-refractivity contribution in [2.24, 2.45) is 5.73 Å². The first-order valence-corrected chi connectivity index (χ1v) is 5.99. The third-order valence-corrected chi connectivity index (χ3v) is 3.30. The van der Waals surface area contributed by atoms with E-state index in [0.717, 1.165) is 48.5 Å². The molecule has 5 nitrogen and oxygen atoms in total. The van der Waals surface area contributed by atoms with Gasteiger partial charge in [0.05, 0.1) is 23.2 Å². The molecule has 3 heterocycles. The van der Waals surface area contributed by atoms with Crippen LogP contribution in [0.3, 0.4) is 0 Å². The summed E-state index contributed by atoms with van der Waals surface area (Å²) in [6, 6.07) is 1.98. The van der Waals surface area contributed by atoms with Gasteiger partial charge in [0.15, 0.2) is 0 Å². The highest BCUT2D eigenvalue weighted by atomic mass is 16.5. The lowest BCUT2D eigenvalue weighted by Crippen LogP contribution is -2.16. The third-order valence-electron chi connectivity index (χ3n) is 3.30. The fraction of sp³-hybridized carbons (Fsp3) is 0.500. The lowest BCUT2D eigenvalue weighted by Gasteiger charge is -2.22. The Kier molecular flexibility index (Phi) is 2.78. The number of hydrogen-bond acceptors (Lipinski definition) is 4. The summed E-state index contributed by atoms with van der Waals surface area (Å²) in [5, 5.41) is 0. The van der Waals surface area contributed by atoms with Crippen molar-refractivity contribution in [3.63, 3.8) is 0 Å². The molecule has 5 heteroatoms. The van der Waals surface area contributed by atoms with Crippen LogP contribution in [0.1, 0.15) is 30.1 Å². The van der Waals surface area contributed by atoms with Crippen LogP contribution in [0.25, 0.3) is 11.0 Å². The molecule has 2 aromatic heterocycles. The Morgan fingerprint density at radius 1 is 1.41 bits per heavy atom. The topological polar surface area (TPSA) is 76.8 Å². The van der Waals surface area contributed by atoms with Crippen molar-refractivity contribution in [1.82, 2.24) is 15.0 Å². The number of nitrogens with zero attached hydrogens (tertiary/aromatic N) is 2. The van der Waals surface area contributed by atoms with Crippen LogP contribution in [-0.4, -0.2) is 28.2 Å². The average Bonchev–Trinajstić information content (AvgIpc) is 2.86. The fourth-order valence-electron chi connectivity index (χ4n) is 2.39. The Balaban J connectivity index is 2.08. The molecule has 0 unspecified atom stereocenters. The summed E-state index contributed by atoms with van der Waals surface area (Å²) in [4.78, 5) is 12.2. The molecule has 0 aliphatic carbocycles. The second-order valence-corrected chi connectivity index (χ2v) is 4.39. The highest BCUT2D eigenvalue weighted by molar-refractivity contribution is 5.77. The van der Waals surface area contributed by atoms with E-state index in [-0.39, 0.29) is 0 Å². The van der Waals surface area contributed by atoms with Crippen molar-refractivity contribution in [3.05, 3.63) is 23.8 Å². The second-order valence-electron chi connectivity index (χ2n) is 4.39. The molecule has 0 radical (unpaired) electrons. The first-order chi connectivity index (χ1) is 8.38. The highest BCUT2D eigenvalue weighted by Crippen LogP contribution is 2.29. The Hall–Kier alpha value is -1.46. The lowest BCUT2D eigenvalue weighted by molar-refractivity contribution is 0.0847. The zero-order valence-electron chi connectivity index (χ0n) is 9.65. The molecular weight excluding hydrogens is 216 g/mol. The van der Waals surface area contributed by atoms with Crippen molar-refractivity contribution < 1.29 is 4.74 Å². The largest absolute Gasteiger partial charge is 0.381 e. The van der Waals surface area contributed by atoms with Crippen LogP contribution in [0.5, 0.6) is 0 Å². The van der Waals surface area contributed by atoms with E-state index >= 15 is 0 Å². The van der Waals surface area contributed by atoms with E-state index in [9.17, 15) is 0 Å². The van der Waals surface area contributed by atoms with E-state index in [2.05, 4.69) is 15.0 Å². The predicted octanol–water partition coefficient (Wildman–Crippen LogP) is 1.31. The van der Waals surface area contributed by atoms with E-state index in [1.165, 1.54) is 0 Å². The summed E-state index contributed by atoms with van der Waals surface area (Å²) in [7, 11) is 0. The number of rotatable bonds is 2. The Labute approximate surface area is 99.4 Å². The number of fused-ring (bicyclic) bond motifs is 1. The van der Waals surface area contributed by atoms with Crippen molar-refractivity contribution in [2.45, 2.75) is 25.3 Å². The van der Waals surface area contributed by atoms with E-state index in [4.69, 9.17) is 10.5 Å². The number of imidazole rings is 1. The van der Waals surface area contributed by atoms with Crippen molar-refractivity contribution in [1.29, 1.82) is 0 Å². The maximum Gasteiger partial charge on any atom is 0.110 e. The molecule has 3 rings (SSSR count). The molecule has 1 saturated heterocycles. The predicted molar refractivity (Wildman–Crippen MR) is 64.6 cm³/mol. The molecule has 90 valence electrons. The maximum atomic E-state index is 5.69. The molecule has 2 aromatic rings. The highest BCUT2D eigenvalue weighted by Gasteiger charge is 2.21. The summed E-state index contributed by atoms with van der Waals surface area (Å²) < 4.78 is 5.39. The smallest absolute Gasteiger partial charge is 0.110 e. The van der Waals surface area contributed by atoms with Crippen molar-refractivity contribution in [2.75, 3.05) is 13.2 Å². The molecule has 17 heavy (non-hydrogen) atoms. The zero-order valence-corrected chi connectivity index (χ0v) is 9.65. The minimum absolute atomic E-state index is 0.445. The Morgan fingerprint density at radius 2 is 2.24 bits per heavy atom. The maximum absolute atomic E-state index is 5.69. The summed E-state index contributed by atoms with van der Waals surface area (Å²) in [5.74, 6) is 0.445. The van der Waals surface area contributed by atoms with Gasteiger partial charge in [0.2, 0.25) is 0 Å². The molecule has 1 fully saturated rings. The number of nitrogens with one attached hydrogen (secondary N) is 1. The number of aromatic nitrogens is 3. The molecule has 0 amide bonds. The van der Waals surface area contributed by atoms with Crippen LogP contribution < -0.4 is 5.73 Å². The standard InChI is InChI=1S/C12H16N4O/c13-6-9-5-10-12(15-7-14-10)11(16-9)8-1-3-17-4-2-8/h5,7-8H,1-4,6,13H2,(H,14,15). The summed E-state index contributed by atoms with van der Waals surface area (Å²) in [6.45, 7) is 2.08. The normalized spacial score (nSPS) is 17.7. The monoisotopic (exact) mass is 232 g/mol. The van der Waals surface area contributed by atoms with Gasteiger partial charge in [-0.1, -0.05) is 0 Å². The number of ether oxygens (including phenoxy) is 1. The second kappa shape index (κ2) is 4.43. The van der Waals surface area contributed by atoms with Crippen LogP contribution in [0.15, 0.2) is 12.4 Å². The zero-order chi connectivity index (χ0) is 11.7. The van der Waals surface area contributed by atoms with Gasteiger partial charge in [0.25, 0.3) is 0 Å². The van der Waals surface area contributed by atoms with Gasteiger partial charge in [-0.15, -0.1) is 0 Å². The van der Waals surface area contributed by atoms with E-state index in [1.54, 1.807) is 6.33 Å². The molecule has 0 spiro atoms. The van der Waals surface area contributed by atoms with Crippen LogP contribution in [0.4, 0.5) is 0 Å². The molecule has 0 aromatic carbocycles. The summed E-state index contributed by atoms with van der Waals surface area (Å²) >= 11 is 0. The van der Waals surface area contributed by atoms with Gasteiger partial charge in [-0.05, 0) is 18.9 Å². The fourth-order valence-corrected chi connectivity index (χ4v) is 2.39.